The van der Waals surface area contributed by atoms with Gasteiger partial charge in [-0.15, -0.1) is 0 Å². The second kappa shape index (κ2) is 3.76. The molecule has 1 rings (SSSR count). The predicted octanol–water partition coefficient (Wildman–Crippen LogP) is 1.09. The van der Waals surface area contributed by atoms with Gasteiger partial charge >= 0.3 is 0 Å². The van der Waals surface area contributed by atoms with Gasteiger partial charge in [-0.05, 0) is 6.07 Å². The zero-order valence-corrected chi connectivity index (χ0v) is 6.52. The summed E-state index contributed by atoms with van der Waals surface area (Å²) < 4.78 is 38.4. The zero-order valence-electron chi connectivity index (χ0n) is 6.52. The molecule has 2 N–H and O–H groups in total. The van der Waals surface area contributed by atoms with Gasteiger partial charge in [-0.3, -0.25) is 0 Å². The first-order valence-electron chi connectivity index (χ1n) is 3.48. The molecule has 5 heteroatoms. The van der Waals surface area contributed by atoms with Crippen LogP contribution < -0.4 is 0 Å². The highest BCUT2D eigenvalue weighted by atomic mass is 19.2. The summed E-state index contributed by atoms with van der Waals surface area (Å²) in [5.41, 5.74) is -1.19. The van der Waals surface area contributed by atoms with Gasteiger partial charge in [0.05, 0.1) is 18.8 Å². The van der Waals surface area contributed by atoms with Crippen molar-refractivity contribution in [3.8, 4) is 0 Å². The van der Waals surface area contributed by atoms with Crippen LogP contribution >= 0.6 is 0 Å². The Morgan fingerprint density at radius 3 is 2.08 bits per heavy atom. The maximum atomic E-state index is 12.8. The van der Waals surface area contributed by atoms with E-state index < -0.39 is 41.8 Å². The largest absolute Gasteiger partial charge is 0.392 e. The summed E-state index contributed by atoms with van der Waals surface area (Å²) in [4.78, 5) is 0. The van der Waals surface area contributed by atoms with E-state index in [-0.39, 0.29) is 0 Å². The smallest absolute Gasteiger partial charge is 0.167 e. The first-order chi connectivity index (χ1) is 6.11. The molecule has 0 aliphatic carbocycles. The maximum Gasteiger partial charge on any atom is 0.167 e. The summed E-state index contributed by atoms with van der Waals surface area (Å²) >= 11 is 0. The fourth-order valence-electron chi connectivity index (χ4n) is 0.942. The van der Waals surface area contributed by atoms with E-state index in [1.54, 1.807) is 0 Å². The van der Waals surface area contributed by atoms with Gasteiger partial charge in [0.15, 0.2) is 11.6 Å². The minimum atomic E-state index is -1.45. The fraction of sp³-hybridized carbons (Fsp3) is 0.250. The highest BCUT2D eigenvalue weighted by molar-refractivity contribution is 5.27. The second-order valence-corrected chi connectivity index (χ2v) is 2.44. The van der Waals surface area contributed by atoms with Gasteiger partial charge in [0.1, 0.15) is 5.82 Å². The van der Waals surface area contributed by atoms with E-state index in [1.807, 2.05) is 0 Å². The molecule has 0 fully saturated rings. The van der Waals surface area contributed by atoms with E-state index in [9.17, 15) is 13.2 Å². The third-order valence-corrected chi connectivity index (χ3v) is 1.66. The van der Waals surface area contributed by atoms with Crippen molar-refractivity contribution in [2.75, 3.05) is 0 Å². The van der Waals surface area contributed by atoms with Crippen molar-refractivity contribution < 1.29 is 23.4 Å². The summed E-state index contributed by atoms with van der Waals surface area (Å²) in [6.45, 7) is -1.70. The molecule has 0 unspecified atom stereocenters. The first kappa shape index (κ1) is 10.0. The van der Waals surface area contributed by atoms with Crippen LogP contribution in [0, 0.1) is 17.5 Å². The van der Waals surface area contributed by atoms with Crippen molar-refractivity contribution in [1.82, 2.24) is 0 Å². The van der Waals surface area contributed by atoms with Crippen LogP contribution in [0.2, 0.25) is 0 Å². The highest BCUT2D eigenvalue weighted by Crippen LogP contribution is 2.19. The van der Waals surface area contributed by atoms with Crippen LogP contribution in [0.25, 0.3) is 0 Å². The molecule has 2 nitrogen and oxygen atoms in total. The number of benzene rings is 1. The molecule has 0 spiro atoms. The molecule has 72 valence electrons. The molecular weight excluding hydrogens is 185 g/mol. The van der Waals surface area contributed by atoms with Crippen LogP contribution in [0.4, 0.5) is 13.2 Å². The van der Waals surface area contributed by atoms with Crippen LogP contribution in [-0.4, -0.2) is 10.2 Å². The Labute approximate surface area is 72.2 Å². The van der Waals surface area contributed by atoms with E-state index in [0.717, 1.165) is 0 Å². The van der Waals surface area contributed by atoms with Crippen molar-refractivity contribution in [2.45, 2.75) is 13.2 Å². The molecule has 0 heterocycles. The van der Waals surface area contributed by atoms with E-state index >= 15 is 0 Å². The van der Waals surface area contributed by atoms with Crippen molar-refractivity contribution in [2.24, 2.45) is 0 Å². The van der Waals surface area contributed by atoms with Gasteiger partial charge in [-0.25, -0.2) is 13.2 Å². The zero-order chi connectivity index (χ0) is 10.0. The first-order valence-corrected chi connectivity index (χ1v) is 3.48. The summed E-state index contributed by atoms with van der Waals surface area (Å²) in [6, 6.07) is 0.657. The normalized spacial score (nSPS) is 10.5. The summed E-state index contributed by atoms with van der Waals surface area (Å²) in [5.74, 6) is -3.84. The summed E-state index contributed by atoms with van der Waals surface area (Å²) in [5, 5.41) is 17.0. The molecule has 0 aliphatic heterocycles. The molecule has 0 saturated carbocycles. The predicted molar refractivity (Wildman–Crippen MR) is 38.2 cm³/mol. The van der Waals surface area contributed by atoms with Crippen LogP contribution in [0.5, 0.6) is 0 Å². The molecule has 0 aliphatic rings. The second-order valence-electron chi connectivity index (χ2n) is 2.44. The lowest BCUT2D eigenvalue weighted by Gasteiger charge is -2.05. The van der Waals surface area contributed by atoms with Crippen LogP contribution in [0.3, 0.4) is 0 Å². The Bertz CT molecular complexity index is 326. The molecule has 1 aromatic rings. The minimum absolute atomic E-state index is 0.466. The van der Waals surface area contributed by atoms with E-state index in [1.165, 1.54) is 0 Å². The average Bonchev–Trinajstić information content (AvgIpc) is 2.12. The number of hydrogen-bond donors (Lipinski definition) is 2. The minimum Gasteiger partial charge on any atom is -0.392 e. The van der Waals surface area contributed by atoms with Gasteiger partial charge in [0.2, 0.25) is 0 Å². The number of aliphatic hydroxyl groups is 2. The van der Waals surface area contributed by atoms with Crippen molar-refractivity contribution in [3.05, 3.63) is 34.6 Å². The Balaban J connectivity index is 3.37. The number of rotatable bonds is 2. The highest BCUT2D eigenvalue weighted by Gasteiger charge is 2.17. The molecule has 0 radical (unpaired) electrons. The SMILES string of the molecule is OCc1cc(F)c(CO)c(F)c1F. The molecule has 0 saturated heterocycles. The van der Waals surface area contributed by atoms with Gasteiger partial charge in [-0.1, -0.05) is 0 Å². The van der Waals surface area contributed by atoms with Crippen LogP contribution in [0.1, 0.15) is 11.1 Å². The third kappa shape index (κ3) is 1.66. The van der Waals surface area contributed by atoms with Gasteiger partial charge in [0, 0.05) is 5.56 Å². The van der Waals surface area contributed by atoms with E-state index in [4.69, 9.17) is 10.2 Å². The fourth-order valence-corrected chi connectivity index (χ4v) is 0.942. The number of halogens is 3. The number of aliphatic hydroxyl groups excluding tert-OH is 2. The third-order valence-electron chi connectivity index (χ3n) is 1.66. The number of hydrogen-bond acceptors (Lipinski definition) is 2. The topological polar surface area (TPSA) is 40.5 Å². The van der Waals surface area contributed by atoms with Crippen LogP contribution in [0.15, 0.2) is 6.07 Å². The van der Waals surface area contributed by atoms with Gasteiger partial charge < -0.3 is 10.2 Å². The van der Waals surface area contributed by atoms with Gasteiger partial charge in [0.25, 0.3) is 0 Å². The maximum absolute atomic E-state index is 12.8. The molecular formula is C8H7F3O2. The van der Waals surface area contributed by atoms with E-state index in [2.05, 4.69) is 0 Å². The summed E-state index contributed by atoms with van der Waals surface area (Å²) in [6.07, 6.45) is 0. The van der Waals surface area contributed by atoms with Crippen molar-refractivity contribution in [3.63, 3.8) is 0 Å². The Kier molecular flexibility index (Phi) is 2.90. The quantitative estimate of drug-likeness (QED) is 0.688. The lowest BCUT2D eigenvalue weighted by atomic mass is 10.1. The summed E-state index contributed by atoms with van der Waals surface area (Å²) in [7, 11) is 0. The van der Waals surface area contributed by atoms with Crippen molar-refractivity contribution in [1.29, 1.82) is 0 Å². The standard InChI is InChI=1S/C8H7F3O2/c9-6-1-4(2-12)7(10)8(11)5(6)3-13/h1,12-13H,2-3H2. The molecule has 0 atom stereocenters. The Morgan fingerprint density at radius 2 is 1.62 bits per heavy atom. The lowest BCUT2D eigenvalue weighted by molar-refractivity contribution is 0.257. The van der Waals surface area contributed by atoms with E-state index in [0.29, 0.717) is 6.07 Å². The lowest BCUT2D eigenvalue weighted by Crippen LogP contribution is -2.03. The molecule has 0 amide bonds. The monoisotopic (exact) mass is 192 g/mol. The molecule has 0 bridgehead atoms. The molecule has 1 aromatic carbocycles. The van der Waals surface area contributed by atoms with Crippen molar-refractivity contribution >= 4 is 0 Å². The average molecular weight is 192 g/mol. The van der Waals surface area contributed by atoms with Gasteiger partial charge in [-0.2, -0.15) is 0 Å². The molecule has 0 aromatic heterocycles. The van der Waals surface area contributed by atoms with Crippen LogP contribution in [-0.2, 0) is 13.2 Å². The Morgan fingerprint density at radius 1 is 1.00 bits per heavy atom. The Hall–Kier alpha value is -1.07. The molecule has 13 heavy (non-hydrogen) atoms.